The Labute approximate surface area is 148 Å². The molecule has 4 N–H and O–H groups in total. The van der Waals surface area contributed by atoms with Crippen molar-refractivity contribution in [3.05, 3.63) is 29.8 Å². The molecule has 0 aromatic heterocycles. The molecular weight excluding hydrogens is 322 g/mol. The lowest BCUT2D eigenvalue weighted by Gasteiger charge is -2.27. The number of nitrogens with one attached hydrogen (secondary N) is 2. The fraction of sp³-hybridized carbons (Fsp3) is 0.556. The summed E-state index contributed by atoms with van der Waals surface area (Å²) in [6.07, 6.45) is 3.81. The van der Waals surface area contributed by atoms with Gasteiger partial charge in [0.05, 0.1) is 11.0 Å². The van der Waals surface area contributed by atoms with Crippen LogP contribution in [0.25, 0.3) is 0 Å². The molecule has 6 heteroatoms. The fourth-order valence-electron chi connectivity index (χ4n) is 2.69. The third-order valence-electron chi connectivity index (χ3n) is 4.29. The lowest BCUT2D eigenvalue weighted by Crippen LogP contribution is -2.43. The molecule has 1 unspecified atom stereocenters. The quantitative estimate of drug-likeness (QED) is 0.736. The maximum atomic E-state index is 12.2. The molecule has 132 valence electrons. The zero-order chi connectivity index (χ0) is 17.5. The predicted octanol–water partition coefficient (Wildman–Crippen LogP) is 2.44. The van der Waals surface area contributed by atoms with Gasteiger partial charge in [-0.25, -0.2) is 0 Å². The van der Waals surface area contributed by atoms with E-state index in [1.807, 2.05) is 38.1 Å². The van der Waals surface area contributed by atoms with E-state index in [2.05, 4.69) is 10.6 Å². The van der Waals surface area contributed by atoms with Gasteiger partial charge < -0.3 is 16.4 Å². The first-order valence-corrected chi connectivity index (χ1v) is 9.53. The van der Waals surface area contributed by atoms with Crippen molar-refractivity contribution in [2.75, 3.05) is 11.1 Å². The van der Waals surface area contributed by atoms with Crippen molar-refractivity contribution in [2.24, 2.45) is 5.73 Å². The fourth-order valence-corrected chi connectivity index (χ4v) is 3.39. The summed E-state index contributed by atoms with van der Waals surface area (Å²) in [5.41, 5.74) is 7.81. The number of carbonyl (C=O) groups is 2. The van der Waals surface area contributed by atoms with Gasteiger partial charge in [-0.05, 0) is 51.7 Å². The van der Waals surface area contributed by atoms with Crippen molar-refractivity contribution in [1.29, 1.82) is 0 Å². The van der Waals surface area contributed by atoms with Gasteiger partial charge in [0.2, 0.25) is 11.8 Å². The average molecular weight is 350 g/mol. The van der Waals surface area contributed by atoms with Gasteiger partial charge in [0.1, 0.15) is 0 Å². The van der Waals surface area contributed by atoms with Crippen LogP contribution in [0.15, 0.2) is 24.3 Å². The summed E-state index contributed by atoms with van der Waals surface area (Å²) in [6, 6.07) is 8.16. The molecule has 0 bridgehead atoms. The maximum absolute atomic E-state index is 12.2. The molecule has 24 heavy (non-hydrogen) atoms. The van der Waals surface area contributed by atoms with Crippen molar-refractivity contribution in [3.63, 3.8) is 0 Å². The van der Waals surface area contributed by atoms with Crippen molar-refractivity contribution >= 4 is 29.3 Å². The Balaban J connectivity index is 1.69. The molecule has 5 nitrogen and oxygen atoms in total. The molecule has 1 fully saturated rings. The van der Waals surface area contributed by atoms with E-state index in [4.69, 9.17) is 5.73 Å². The molecule has 1 atom stereocenters. The van der Waals surface area contributed by atoms with Crippen LogP contribution in [0.2, 0.25) is 0 Å². The number of benzene rings is 1. The molecule has 1 aliphatic carbocycles. The number of nitrogens with two attached hydrogens (primary N) is 1. The number of hydrogen-bond acceptors (Lipinski definition) is 4. The highest BCUT2D eigenvalue weighted by Gasteiger charge is 2.22. The number of rotatable bonds is 6. The Bertz CT molecular complexity index is 554. The molecule has 1 aromatic rings. The van der Waals surface area contributed by atoms with Gasteiger partial charge in [-0.1, -0.05) is 17.7 Å². The number of hydrogen-bond donors (Lipinski definition) is 3. The van der Waals surface area contributed by atoms with E-state index < -0.39 is 0 Å². The van der Waals surface area contributed by atoms with Crippen LogP contribution in [-0.4, -0.2) is 34.9 Å². The van der Waals surface area contributed by atoms with Crippen LogP contribution in [0.1, 0.15) is 38.2 Å². The lowest BCUT2D eigenvalue weighted by atomic mass is 9.92. The number of aryl methyl sites for hydroxylation is 1. The smallest absolute Gasteiger partial charge is 0.234 e. The van der Waals surface area contributed by atoms with E-state index >= 15 is 0 Å². The Hall–Kier alpha value is -1.53. The summed E-state index contributed by atoms with van der Waals surface area (Å²) >= 11 is 1.36. The summed E-state index contributed by atoms with van der Waals surface area (Å²) in [5.74, 6) is 0.175. The molecule has 1 aliphatic rings. The van der Waals surface area contributed by atoms with E-state index in [-0.39, 0.29) is 34.9 Å². The van der Waals surface area contributed by atoms with Gasteiger partial charge in [-0.15, -0.1) is 11.8 Å². The van der Waals surface area contributed by atoms with E-state index in [0.717, 1.165) is 36.9 Å². The average Bonchev–Trinajstić information content (AvgIpc) is 2.57. The third kappa shape index (κ3) is 6.17. The van der Waals surface area contributed by atoms with Crippen LogP contribution in [-0.2, 0) is 9.59 Å². The molecule has 1 aromatic carbocycles. The maximum Gasteiger partial charge on any atom is 0.234 e. The minimum absolute atomic E-state index is 0.00334. The molecule has 0 radical (unpaired) electrons. The standard InChI is InChI=1S/C18H27N3O2S/c1-12-3-7-15(8-4-12)20-17(22)11-24-13(2)18(23)21-16-9-5-14(19)6-10-16/h3-4,7-8,13-14,16H,5-6,9-11,19H2,1-2H3,(H,20,22)(H,21,23). The number of thioether (sulfide) groups is 1. The second kappa shape index (κ2) is 9.08. The summed E-state index contributed by atoms with van der Waals surface area (Å²) in [4.78, 5) is 24.2. The van der Waals surface area contributed by atoms with E-state index in [9.17, 15) is 9.59 Å². The first kappa shape index (κ1) is 18.8. The summed E-state index contributed by atoms with van der Waals surface area (Å²) in [6.45, 7) is 3.84. The molecule has 0 saturated heterocycles. The van der Waals surface area contributed by atoms with Crippen molar-refractivity contribution in [1.82, 2.24) is 5.32 Å². The monoisotopic (exact) mass is 349 g/mol. The van der Waals surface area contributed by atoms with Gasteiger partial charge in [-0.2, -0.15) is 0 Å². The highest BCUT2D eigenvalue weighted by molar-refractivity contribution is 8.01. The minimum Gasteiger partial charge on any atom is -0.352 e. The van der Waals surface area contributed by atoms with E-state index in [1.165, 1.54) is 11.8 Å². The number of anilines is 1. The first-order valence-electron chi connectivity index (χ1n) is 8.48. The van der Waals surface area contributed by atoms with Crippen LogP contribution in [0.3, 0.4) is 0 Å². The molecule has 2 rings (SSSR count). The van der Waals surface area contributed by atoms with Crippen LogP contribution < -0.4 is 16.4 Å². The normalized spacial score (nSPS) is 21.8. The zero-order valence-electron chi connectivity index (χ0n) is 14.4. The van der Waals surface area contributed by atoms with Crippen LogP contribution >= 0.6 is 11.8 Å². The van der Waals surface area contributed by atoms with Gasteiger partial charge in [0.25, 0.3) is 0 Å². The Morgan fingerprint density at radius 2 is 1.83 bits per heavy atom. The van der Waals surface area contributed by atoms with E-state index in [1.54, 1.807) is 0 Å². The summed E-state index contributed by atoms with van der Waals surface area (Å²) in [7, 11) is 0. The topological polar surface area (TPSA) is 84.2 Å². The number of carbonyl (C=O) groups excluding carboxylic acids is 2. The summed E-state index contributed by atoms with van der Waals surface area (Å²) < 4.78 is 0. The van der Waals surface area contributed by atoms with Gasteiger partial charge in [0, 0.05) is 17.8 Å². The molecule has 0 aliphatic heterocycles. The second-order valence-corrected chi connectivity index (χ2v) is 7.82. The Morgan fingerprint density at radius 1 is 1.21 bits per heavy atom. The van der Waals surface area contributed by atoms with Crippen molar-refractivity contribution in [2.45, 2.75) is 56.9 Å². The molecule has 1 saturated carbocycles. The van der Waals surface area contributed by atoms with Crippen LogP contribution in [0.4, 0.5) is 5.69 Å². The molecule has 0 heterocycles. The van der Waals surface area contributed by atoms with Gasteiger partial charge in [0.15, 0.2) is 0 Å². The SMILES string of the molecule is Cc1ccc(NC(=O)CSC(C)C(=O)NC2CCC(N)CC2)cc1. The highest BCUT2D eigenvalue weighted by Crippen LogP contribution is 2.18. The van der Waals surface area contributed by atoms with Crippen molar-refractivity contribution < 1.29 is 9.59 Å². The van der Waals surface area contributed by atoms with Crippen LogP contribution in [0, 0.1) is 6.92 Å². The highest BCUT2D eigenvalue weighted by atomic mass is 32.2. The zero-order valence-corrected chi connectivity index (χ0v) is 15.2. The second-order valence-electron chi connectivity index (χ2n) is 6.49. The molecule has 0 spiro atoms. The molecule has 2 amide bonds. The first-order chi connectivity index (χ1) is 11.4. The Kier molecular flexibility index (Phi) is 7.12. The van der Waals surface area contributed by atoms with Gasteiger partial charge in [-0.3, -0.25) is 9.59 Å². The van der Waals surface area contributed by atoms with Crippen LogP contribution in [0.5, 0.6) is 0 Å². The lowest BCUT2D eigenvalue weighted by molar-refractivity contribution is -0.121. The predicted molar refractivity (Wildman–Crippen MR) is 100 cm³/mol. The van der Waals surface area contributed by atoms with Gasteiger partial charge >= 0.3 is 0 Å². The summed E-state index contributed by atoms with van der Waals surface area (Å²) in [5, 5.41) is 5.67. The van der Waals surface area contributed by atoms with Crippen molar-refractivity contribution in [3.8, 4) is 0 Å². The number of amides is 2. The molecular formula is C18H27N3O2S. The Morgan fingerprint density at radius 3 is 2.46 bits per heavy atom. The van der Waals surface area contributed by atoms with E-state index in [0.29, 0.717) is 0 Å². The minimum atomic E-state index is -0.246. The largest absolute Gasteiger partial charge is 0.352 e. The third-order valence-corrected chi connectivity index (χ3v) is 5.43.